The average molecular weight is 270 g/mol. The number of halogens is 3. The minimum atomic E-state index is -4.19. The van der Waals surface area contributed by atoms with Gasteiger partial charge in [0.05, 0.1) is 0 Å². The molecule has 0 spiro atoms. The van der Waals surface area contributed by atoms with Crippen molar-refractivity contribution < 1.29 is 13.2 Å². The SMILES string of the molecule is NC(CN1CC=C(C(F)(F)F)CC1)c1ccccc1. The molecule has 1 atom stereocenters. The largest absolute Gasteiger partial charge is 0.412 e. The van der Waals surface area contributed by atoms with E-state index in [-0.39, 0.29) is 12.5 Å². The van der Waals surface area contributed by atoms with Crippen LogP contribution in [0.4, 0.5) is 13.2 Å². The number of rotatable bonds is 3. The number of benzene rings is 1. The Kier molecular flexibility index (Phi) is 4.27. The standard InChI is InChI=1S/C14H17F3N2/c15-14(16,17)12-6-8-19(9-7-12)10-13(18)11-4-2-1-3-5-11/h1-6,13H,7-10,18H2. The van der Waals surface area contributed by atoms with Crippen molar-refractivity contribution in [3.8, 4) is 0 Å². The molecule has 0 radical (unpaired) electrons. The molecule has 0 saturated heterocycles. The summed E-state index contributed by atoms with van der Waals surface area (Å²) in [5, 5.41) is 0. The number of nitrogens with zero attached hydrogens (tertiary/aromatic N) is 1. The van der Waals surface area contributed by atoms with E-state index in [4.69, 9.17) is 5.73 Å². The predicted octanol–water partition coefficient (Wildman–Crippen LogP) is 2.88. The Hall–Kier alpha value is -1.33. The first kappa shape index (κ1) is 14.1. The molecule has 1 aromatic carbocycles. The Bertz CT molecular complexity index is 440. The summed E-state index contributed by atoms with van der Waals surface area (Å²) in [6.45, 7) is 1.30. The van der Waals surface area contributed by atoms with E-state index < -0.39 is 11.7 Å². The molecule has 1 unspecified atom stereocenters. The van der Waals surface area contributed by atoms with E-state index >= 15 is 0 Å². The van der Waals surface area contributed by atoms with Crippen molar-refractivity contribution >= 4 is 0 Å². The van der Waals surface area contributed by atoms with Crippen LogP contribution in [0.1, 0.15) is 18.0 Å². The summed E-state index contributed by atoms with van der Waals surface area (Å²) < 4.78 is 37.5. The maximum atomic E-state index is 12.5. The lowest BCUT2D eigenvalue weighted by atomic mass is 10.0. The Morgan fingerprint density at radius 2 is 1.89 bits per heavy atom. The molecular weight excluding hydrogens is 253 g/mol. The zero-order valence-corrected chi connectivity index (χ0v) is 10.5. The number of hydrogen-bond donors (Lipinski definition) is 1. The minimum Gasteiger partial charge on any atom is -0.323 e. The van der Waals surface area contributed by atoms with Gasteiger partial charge in [0.15, 0.2) is 0 Å². The second-order valence-electron chi connectivity index (χ2n) is 4.75. The summed E-state index contributed by atoms with van der Waals surface area (Å²) in [6, 6.07) is 9.44. The maximum absolute atomic E-state index is 12.5. The van der Waals surface area contributed by atoms with E-state index in [2.05, 4.69) is 0 Å². The van der Waals surface area contributed by atoms with E-state index in [1.54, 1.807) is 0 Å². The van der Waals surface area contributed by atoms with Crippen LogP contribution in [0.5, 0.6) is 0 Å². The van der Waals surface area contributed by atoms with Gasteiger partial charge in [0.2, 0.25) is 0 Å². The van der Waals surface area contributed by atoms with E-state index in [0.717, 1.165) is 5.56 Å². The molecule has 1 aliphatic rings. The van der Waals surface area contributed by atoms with E-state index in [1.807, 2.05) is 35.2 Å². The van der Waals surface area contributed by atoms with Crippen LogP contribution in [-0.2, 0) is 0 Å². The lowest BCUT2D eigenvalue weighted by Gasteiger charge is -2.29. The van der Waals surface area contributed by atoms with Crippen molar-refractivity contribution in [2.24, 2.45) is 5.73 Å². The van der Waals surface area contributed by atoms with E-state index in [1.165, 1.54) is 6.08 Å². The molecule has 19 heavy (non-hydrogen) atoms. The van der Waals surface area contributed by atoms with Gasteiger partial charge in [-0.15, -0.1) is 0 Å². The van der Waals surface area contributed by atoms with Gasteiger partial charge in [0, 0.05) is 31.2 Å². The highest BCUT2D eigenvalue weighted by Gasteiger charge is 2.34. The van der Waals surface area contributed by atoms with Gasteiger partial charge >= 0.3 is 6.18 Å². The smallest absolute Gasteiger partial charge is 0.323 e. The van der Waals surface area contributed by atoms with Crippen molar-refractivity contribution in [2.75, 3.05) is 19.6 Å². The predicted molar refractivity (Wildman–Crippen MR) is 68.6 cm³/mol. The quantitative estimate of drug-likeness (QED) is 0.856. The van der Waals surface area contributed by atoms with Gasteiger partial charge in [-0.1, -0.05) is 36.4 Å². The molecule has 0 amide bonds. The first-order valence-electron chi connectivity index (χ1n) is 6.26. The molecule has 0 saturated carbocycles. The van der Waals surface area contributed by atoms with Gasteiger partial charge in [0.25, 0.3) is 0 Å². The Morgan fingerprint density at radius 1 is 1.21 bits per heavy atom. The molecule has 0 fully saturated rings. The highest BCUT2D eigenvalue weighted by atomic mass is 19.4. The number of alkyl halides is 3. The van der Waals surface area contributed by atoms with Crippen LogP contribution in [0.2, 0.25) is 0 Å². The van der Waals surface area contributed by atoms with Gasteiger partial charge < -0.3 is 5.73 Å². The first-order valence-corrected chi connectivity index (χ1v) is 6.26. The average Bonchev–Trinajstić information content (AvgIpc) is 2.39. The van der Waals surface area contributed by atoms with Gasteiger partial charge in [-0.25, -0.2) is 0 Å². The molecule has 0 bridgehead atoms. The van der Waals surface area contributed by atoms with Gasteiger partial charge in [-0.05, 0) is 12.0 Å². The molecule has 1 aliphatic heterocycles. The zero-order chi connectivity index (χ0) is 13.9. The molecule has 104 valence electrons. The molecule has 0 aliphatic carbocycles. The fourth-order valence-corrected chi connectivity index (χ4v) is 2.22. The summed E-state index contributed by atoms with van der Waals surface area (Å²) in [5.41, 5.74) is 6.65. The number of nitrogens with two attached hydrogens (primary N) is 1. The normalized spacial score (nSPS) is 19.1. The van der Waals surface area contributed by atoms with Crippen molar-refractivity contribution in [1.29, 1.82) is 0 Å². The van der Waals surface area contributed by atoms with Crippen LogP contribution >= 0.6 is 0 Å². The monoisotopic (exact) mass is 270 g/mol. The first-order chi connectivity index (χ1) is 8.97. The molecule has 1 heterocycles. The summed E-state index contributed by atoms with van der Waals surface area (Å²) in [6.07, 6.45) is -2.88. The van der Waals surface area contributed by atoms with Crippen LogP contribution in [0.3, 0.4) is 0 Å². The highest BCUT2D eigenvalue weighted by molar-refractivity contribution is 5.19. The second kappa shape index (κ2) is 5.75. The van der Waals surface area contributed by atoms with Crippen LogP contribution < -0.4 is 5.73 Å². The molecule has 5 heteroatoms. The molecule has 1 aromatic rings. The Balaban J connectivity index is 1.91. The zero-order valence-electron chi connectivity index (χ0n) is 10.5. The third-order valence-electron chi connectivity index (χ3n) is 3.34. The molecule has 2 nitrogen and oxygen atoms in total. The Labute approximate surface area is 110 Å². The van der Waals surface area contributed by atoms with Gasteiger partial charge in [-0.2, -0.15) is 13.2 Å². The fourth-order valence-electron chi connectivity index (χ4n) is 2.22. The van der Waals surface area contributed by atoms with Gasteiger partial charge in [0.1, 0.15) is 0 Å². The van der Waals surface area contributed by atoms with Crippen molar-refractivity contribution in [3.63, 3.8) is 0 Å². The van der Waals surface area contributed by atoms with Crippen LogP contribution in [0, 0.1) is 0 Å². The lowest BCUT2D eigenvalue weighted by molar-refractivity contribution is -0.0960. The van der Waals surface area contributed by atoms with Crippen molar-refractivity contribution in [3.05, 3.63) is 47.5 Å². The topological polar surface area (TPSA) is 29.3 Å². The van der Waals surface area contributed by atoms with Crippen molar-refractivity contribution in [2.45, 2.75) is 18.6 Å². The second-order valence-corrected chi connectivity index (χ2v) is 4.75. The third kappa shape index (κ3) is 3.81. The summed E-state index contributed by atoms with van der Waals surface area (Å²) >= 11 is 0. The van der Waals surface area contributed by atoms with Crippen LogP contribution in [0.15, 0.2) is 42.0 Å². The maximum Gasteiger partial charge on any atom is 0.412 e. The fraction of sp³-hybridized carbons (Fsp3) is 0.429. The molecular formula is C14H17F3N2. The highest BCUT2D eigenvalue weighted by Crippen LogP contribution is 2.30. The minimum absolute atomic E-state index is 0.0466. The summed E-state index contributed by atoms with van der Waals surface area (Å²) in [5.74, 6) is 0. The molecule has 2 N–H and O–H groups in total. The van der Waals surface area contributed by atoms with Crippen LogP contribution in [-0.4, -0.2) is 30.7 Å². The summed E-state index contributed by atoms with van der Waals surface area (Å²) in [4.78, 5) is 1.95. The Morgan fingerprint density at radius 3 is 2.42 bits per heavy atom. The number of hydrogen-bond acceptors (Lipinski definition) is 2. The lowest BCUT2D eigenvalue weighted by Crippen LogP contribution is -2.37. The molecule has 0 aromatic heterocycles. The summed E-state index contributed by atoms with van der Waals surface area (Å²) in [7, 11) is 0. The molecule has 2 rings (SSSR count). The van der Waals surface area contributed by atoms with E-state index in [0.29, 0.717) is 19.6 Å². The van der Waals surface area contributed by atoms with Crippen molar-refractivity contribution in [1.82, 2.24) is 4.90 Å². The van der Waals surface area contributed by atoms with E-state index in [9.17, 15) is 13.2 Å². The van der Waals surface area contributed by atoms with Crippen LogP contribution in [0.25, 0.3) is 0 Å². The third-order valence-corrected chi connectivity index (χ3v) is 3.34. The van der Waals surface area contributed by atoms with Gasteiger partial charge in [-0.3, -0.25) is 4.90 Å².